The van der Waals surface area contributed by atoms with E-state index in [1.807, 2.05) is 5.32 Å². The van der Waals surface area contributed by atoms with Gasteiger partial charge in [0.15, 0.2) is 0 Å². The molecule has 34 heavy (non-hydrogen) atoms. The highest BCUT2D eigenvalue weighted by Crippen LogP contribution is 2.40. The number of hydrogen-bond acceptors (Lipinski definition) is 7. The maximum absolute atomic E-state index is 12.5. The van der Waals surface area contributed by atoms with Crippen LogP contribution in [0.1, 0.15) is 23.5 Å². The zero-order valence-corrected chi connectivity index (χ0v) is 20.6. The van der Waals surface area contributed by atoms with Gasteiger partial charge in [-0.25, -0.2) is 9.97 Å². The number of fused-ring (bicyclic) bond motifs is 1. The predicted molar refractivity (Wildman–Crippen MR) is 129 cm³/mol. The van der Waals surface area contributed by atoms with Gasteiger partial charge in [-0.1, -0.05) is 37.0 Å². The van der Waals surface area contributed by atoms with E-state index >= 15 is 0 Å². The molecule has 0 fully saturated rings. The van der Waals surface area contributed by atoms with Crippen molar-refractivity contribution in [1.29, 1.82) is 0 Å². The average Bonchev–Trinajstić information content (AvgIpc) is 3.19. The molecule has 0 aliphatic heterocycles. The lowest BCUT2D eigenvalue weighted by Crippen LogP contribution is -2.33. The van der Waals surface area contributed by atoms with Gasteiger partial charge >= 0.3 is 6.18 Å². The summed E-state index contributed by atoms with van der Waals surface area (Å²) >= 11 is 13.7. The number of carbonyl (C=O) groups is 1. The number of thiophene rings is 1. The minimum Gasteiger partial charge on any atom is -0.491 e. The third kappa shape index (κ3) is 6.41. The number of rotatable bonds is 9. The standard InChI is InChI=1S/C21H22Cl2F3N5O2S/c1-3-31(4-2)5-6-33-15-7-11(13(22)9-14(15)23)17-12-8-16(18(32)28-10-21(24,25)26)34-19(12)30-20(27)29-17/h7-9H,3-6,10H2,1-2H3,(H,28,32)(H2,27,29,30). The van der Waals surface area contributed by atoms with Crippen LogP contribution in [0.2, 0.25) is 10.0 Å². The molecule has 184 valence electrons. The summed E-state index contributed by atoms with van der Waals surface area (Å²) in [7, 11) is 0. The number of nitrogens with two attached hydrogens (primary N) is 1. The third-order valence-electron chi connectivity index (χ3n) is 4.92. The van der Waals surface area contributed by atoms with Crippen LogP contribution in [0, 0.1) is 0 Å². The van der Waals surface area contributed by atoms with Crippen LogP contribution in [0.25, 0.3) is 21.5 Å². The fourth-order valence-corrected chi connectivity index (χ4v) is 4.65. The Morgan fingerprint density at radius 1 is 1.18 bits per heavy atom. The van der Waals surface area contributed by atoms with E-state index in [1.165, 1.54) is 12.1 Å². The summed E-state index contributed by atoms with van der Waals surface area (Å²) in [6.45, 7) is 5.53. The van der Waals surface area contributed by atoms with Gasteiger partial charge in [-0.05, 0) is 31.3 Å². The summed E-state index contributed by atoms with van der Waals surface area (Å²) in [6, 6.07) is 4.54. The number of alkyl halides is 3. The second kappa shape index (κ2) is 10.9. The molecule has 7 nitrogen and oxygen atoms in total. The van der Waals surface area contributed by atoms with Crippen LogP contribution in [0.3, 0.4) is 0 Å². The average molecular weight is 536 g/mol. The van der Waals surface area contributed by atoms with Gasteiger partial charge in [0.1, 0.15) is 23.7 Å². The molecule has 0 spiro atoms. The first-order valence-electron chi connectivity index (χ1n) is 10.3. The van der Waals surface area contributed by atoms with Crippen LogP contribution in [-0.4, -0.2) is 59.7 Å². The van der Waals surface area contributed by atoms with E-state index in [0.29, 0.717) is 45.4 Å². The molecule has 0 radical (unpaired) electrons. The molecular weight excluding hydrogens is 514 g/mol. The van der Waals surface area contributed by atoms with Crippen LogP contribution >= 0.6 is 34.5 Å². The van der Waals surface area contributed by atoms with Crippen LogP contribution in [0.15, 0.2) is 18.2 Å². The fraction of sp³-hybridized carbons (Fsp3) is 0.381. The van der Waals surface area contributed by atoms with Gasteiger partial charge < -0.3 is 20.7 Å². The van der Waals surface area contributed by atoms with Crippen molar-refractivity contribution in [3.63, 3.8) is 0 Å². The molecule has 13 heteroatoms. The number of benzene rings is 1. The van der Waals surface area contributed by atoms with E-state index in [4.69, 9.17) is 33.7 Å². The van der Waals surface area contributed by atoms with Crippen molar-refractivity contribution in [2.45, 2.75) is 20.0 Å². The number of nitrogen functional groups attached to an aromatic ring is 1. The minimum absolute atomic E-state index is 0.0289. The topological polar surface area (TPSA) is 93.4 Å². The SMILES string of the molecule is CCN(CC)CCOc1cc(-c2nc(N)nc3sc(C(=O)NCC(F)(F)F)cc23)c(Cl)cc1Cl. The maximum atomic E-state index is 12.5. The van der Waals surface area contributed by atoms with E-state index in [2.05, 4.69) is 28.7 Å². The van der Waals surface area contributed by atoms with Crippen LogP contribution in [-0.2, 0) is 0 Å². The minimum atomic E-state index is -4.53. The number of halogens is 5. The van der Waals surface area contributed by atoms with Gasteiger partial charge in [0.2, 0.25) is 5.95 Å². The van der Waals surface area contributed by atoms with Gasteiger partial charge in [-0.2, -0.15) is 13.2 Å². The van der Waals surface area contributed by atoms with Crippen LogP contribution < -0.4 is 15.8 Å². The summed E-state index contributed by atoms with van der Waals surface area (Å²) in [5.41, 5.74) is 6.60. The largest absolute Gasteiger partial charge is 0.491 e. The lowest BCUT2D eigenvalue weighted by Gasteiger charge is -2.19. The molecule has 3 aromatic rings. The van der Waals surface area contributed by atoms with Gasteiger partial charge in [0.05, 0.1) is 20.6 Å². The van der Waals surface area contributed by atoms with Gasteiger partial charge in [0.25, 0.3) is 5.91 Å². The summed E-state index contributed by atoms with van der Waals surface area (Å²) in [5.74, 6) is -0.578. The van der Waals surface area contributed by atoms with Gasteiger partial charge in [0, 0.05) is 17.5 Å². The van der Waals surface area contributed by atoms with E-state index in [9.17, 15) is 18.0 Å². The smallest absolute Gasteiger partial charge is 0.405 e. The summed E-state index contributed by atoms with van der Waals surface area (Å²) in [5, 5.41) is 2.82. The Kier molecular flexibility index (Phi) is 8.45. The summed E-state index contributed by atoms with van der Waals surface area (Å²) in [4.78, 5) is 23.2. The molecule has 0 aliphatic rings. The lowest BCUT2D eigenvalue weighted by atomic mass is 10.1. The van der Waals surface area contributed by atoms with Crippen molar-refractivity contribution in [2.24, 2.45) is 0 Å². The molecule has 0 saturated carbocycles. The Hall–Kier alpha value is -2.34. The number of amides is 1. The molecule has 0 saturated heterocycles. The maximum Gasteiger partial charge on any atom is 0.405 e. The normalized spacial score (nSPS) is 11.9. The number of likely N-dealkylation sites (N-methyl/N-ethyl adjacent to an activating group) is 1. The molecule has 3 N–H and O–H groups in total. The number of nitrogens with one attached hydrogen (secondary N) is 1. The summed E-state index contributed by atoms with van der Waals surface area (Å²) < 4.78 is 43.3. The number of anilines is 1. The van der Waals surface area contributed by atoms with Crippen molar-refractivity contribution in [3.05, 3.63) is 33.1 Å². The molecule has 1 aromatic carbocycles. The highest BCUT2D eigenvalue weighted by atomic mass is 35.5. The first kappa shape index (κ1) is 26.3. The highest BCUT2D eigenvalue weighted by molar-refractivity contribution is 7.20. The Morgan fingerprint density at radius 3 is 2.53 bits per heavy atom. The van der Waals surface area contributed by atoms with Crippen molar-refractivity contribution in [3.8, 4) is 17.0 Å². The Labute approximate surface area is 208 Å². The number of aromatic nitrogens is 2. The summed E-state index contributed by atoms with van der Waals surface area (Å²) in [6.07, 6.45) is -4.53. The molecule has 2 aromatic heterocycles. The zero-order chi connectivity index (χ0) is 25.0. The van der Waals surface area contributed by atoms with Crippen molar-refractivity contribution in [1.82, 2.24) is 20.2 Å². The molecule has 3 rings (SSSR count). The van der Waals surface area contributed by atoms with Crippen LogP contribution in [0.5, 0.6) is 5.75 Å². The molecule has 1 amide bonds. The van der Waals surface area contributed by atoms with E-state index in [1.54, 1.807) is 6.07 Å². The Morgan fingerprint density at radius 2 is 1.88 bits per heavy atom. The quantitative estimate of drug-likeness (QED) is 0.388. The Bertz CT molecular complexity index is 1190. The molecule has 2 heterocycles. The molecule has 0 aliphatic carbocycles. The predicted octanol–water partition coefficient (Wildman–Crippen LogP) is 5.26. The number of hydrogen-bond donors (Lipinski definition) is 2. The highest BCUT2D eigenvalue weighted by Gasteiger charge is 2.28. The van der Waals surface area contributed by atoms with Gasteiger partial charge in [-0.3, -0.25) is 4.79 Å². The van der Waals surface area contributed by atoms with Crippen LogP contribution in [0.4, 0.5) is 19.1 Å². The third-order valence-corrected chi connectivity index (χ3v) is 6.56. The molecule has 0 atom stereocenters. The molecule has 0 unspecified atom stereocenters. The Balaban J connectivity index is 1.96. The van der Waals surface area contributed by atoms with Crippen molar-refractivity contribution in [2.75, 3.05) is 38.5 Å². The van der Waals surface area contributed by atoms with E-state index in [-0.39, 0.29) is 15.8 Å². The first-order chi connectivity index (χ1) is 16.0. The van der Waals surface area contributed by atoms with Gasteiger partial charge in [-0.15, -0.1) is 11.3 Å². The first-order valence-corrected chi connectivity index (χ1v) is 11.9. The fourth-order valence-electron chi connectivity index (χ4n) is 3.17. The zero-order valence-electron chi connectivity index (χ0n) is 18.3. The van der Waals surface area contributed by atoms with E-state index < -0.39 is 18.6 Å². The van der Waals surface area contributed by atoms with Crippen molar-refractivity contribution < 1.29 is 22.7 Å². The molecular formula is C21H22Cl2F3N5O2S. The second-order valence-electron chi connectivity index (χ2n) is 7.20. The number of nitrogens with zero attached hydrogens (tertiary/aromatic N) is 3. The number of carbonyl (C=O) groups excluding carboxylic acids is 1. The lowest BCUT2D eigenvalue weighted by molar-refractivity contribution is -0.123. The molecule has 0 bridgehead atoms. The van der Waals surface area contributed by atoms with Crippen molar-refractivity contribution >= 4 is 56.6 Å². The number of ether oxygens (including phenoxy) is 1. The van der Waals surface area contributed by atoms with E-state index in [0.717, 1.165) is 24.4 Å². The second-order valence-corrected chi connectivity index (χ2v) is 9.04. The monoisotopic (exact) mass is 535 g/mol.